The third-order valence-corrected chi connectivity index (χ3v) is 3.26. The number of nitrogens with one attached hydrogen (secondary N) is 1. The number of nitrogens with two attached hydrogens (primary N) is 1. The largest absolute Gasteiger partial charge is 0.398 e. The number of halogens is 3. The molecule has 2 aromatic carbocycles. The Hall–Kier alpha value is -1.62. The van der Waals surface area contributed by atoms with Crippen LogP contribution < -0.4 is 11.1 Å². The molecule has 0 unspecified atom stereocenters. The summed E-state index contributed by atoms with van der Waals surface area (Å²) in [6.45, 7) is 1.83. The summed E-state index contributed by atoms with van der Waals surface area (Å²) in [6, 6.07) is 7.49. The minimum Gasteiger partial charge on any atom is -0.398 e. The van der Waals surface area contributed by atoms with Crippen LogP contribution in [0.3, 0.4) is 0 Å². The monoisotopic (exact) mass is 312 g/mol. The molecule has 0 saturated carbocycles. The molecule has 3 N–H and O–H groups in total. The van der Waals surface area contributed by atoms with Crippen LogP contribution in [0.15, 0.2) is 34.8 Å². The molecule has 0 bridgehead atoms. The predicted molar refractivity (Wildman–Crippen MR) is 72.9 cm³/mol. The van der Waals surface area contributed by atoms with Gasteiger partial charge < -0.3 is 11.1 Å². The van der Waals surface area contributed by atoms with Gasteiger partial charge in [-0.1, -0.05) is 6.07 Å². The van der Waals surface area contributed by atoms with Crippen LogP contribution in [0.5, 0.6) is 0 Å². The molecule has 0 spiro atoms. The molecular weight excluding hydrogens is 302 g/mol. The summed E-state index contributed by atoms with van der Waals surface area (Å²) in [5, 5.41) is 2.90. The third kappa shape index (κ3) is 2.46. The van der Waals surface area contributed by atoms with Crippen molar-refractivity contribution in [1.82, 2.24) is 0 Å². The molecule has 0 aliphatic heterocycles. The van der Waals surface area contributed by atoms with Gasteiger partial charge in [-0.15, -0.1) is 0 Å². The van der Waals surface area contributed by atoms with Crippen LogP contribution in [0.25, 0.3) is 0 Å². The molecule has 0 fully saturated rings. The van der Waals surface area contributed by atoms with E-state index in [2.05, 4.69) is 21.2 Å². The molecule has 0 aliphatic carbocycles. The van der Waals surface area contributed by atoms with Crippen molar-refractivity contribution in [2.45, 2.75) is 6.92 Å². The summed E-state index contributed by atoms with van der Waals surface area (Å²) < 4.78 is 26.9. The predicted octanol–water partition coefficient (Wildman–Crippen LogP) is 4.36. The van der Waals surface area contributed by atoms with Crippen LogP contribution in [-0.4, -0.2) is 0 Å². The van der Waals surface area contributed by atoms with E-state index in [1.807, 2.05) is 6.92 Å². The minimum atomic E-state index is -0.655. The Kier molecular flexibility index (Phi) is 3.52. The fourth-order valence-electron chi connectivity index (χ4n) is 1.55. The topological polar surface area (TPSA) is 38.0 Å². The second kappa shape index (κ2) is 4.94. The lowest BCUT2D eigenvalue weighted by Gasteiger charge is -2.12. The maximum atomic E-state index is 13.6. The van der Waals surface area contributed by atoms with E-state index in [4.69, 9.17) is 5.73 Å². The van der Waals surface area contributed by atoms with Gasteiger partial charge in [-0.05, 0) is 46.6 Å². The Morgan fingerprint density at radius 1 is 1.11 bits per heavy atom. The van der Waals surface area contributed by atoms with Crippen molar-refractivity contribution in [3.63, 3.8) is 0 Å². The number of hydrogen-bond acceptors (Lipinski definition) is 2. The second-order valence-corrected chi connectivity index (χ2v) is 4.75. The molecule has 0 heterocycles. The third-order valence-electron chi connectivity index (χ3n) is 2.65. The lowest BCUT2D eigenvalue weighted by molar-refractivity contribution is 0.581. The van der Waals surface area contributed by atoms with Gasteiger partial charge in [0.2, 0.25) is 0 Å². The quantitative estimate of drug-likeness (QED) is 0.638. The second-order valence-electron chi connectivity index (χ2n) is 3.89. The molecule has 0 aliphatic rings. The molecule has 18 heavy (non-hydrogen) atoms. The molecule has 0 atom stereocenters. The summed E-state index contributed by atoms with van der Waals surface area (Å²) in [7, 11) is 0. The van der Waals surface area contributed by atoms with Gasteiger partial charge in [-0.3, -0.25) is 0 Å². The molecule has 2 rings (SSSR count). The number of benzene rings is 2. The normalized spacial score (nSPS) is 10.4. The minimum absolute atomic E-state index is 0.192. The number of hydrogen-bond donors (Lipinski definition) is 2. The lowest BCUT2D eigenvalue weighted by Crippen LogP contribution is -1.99. The molecule has 5 heteroatoms. The molecule has 0 amide bonds. The number of anilines is 3. The van der Waals surface area contributed by atoms with E-state index in [1.54, 1.807) is 18.2 Å². The Bertz CT molecular complexity index is 600. The average molecular weight is 313 g/mol. The number of nitrogen functional groups attached to an aromatic ring is 1. The van der Waals surface area contributed by atoms with Gasteiger partial charge in [-0.2, -0.15) is 0 Å². The molecule has 2 nitrogen and oxygen atoms in total. The van der Waals surface area contributed by atoms with Gasteiger partial charge in [0.15, 0.2) is 0 Å². The molecule has 0 saturated heterocycles. The van der Waals surface area contributed by atoms with E-state index < -0.39 is 11.6 Å². The molecular formula is C13H11BrF2N2. The van der Waals surface area contributed by atoms with Crippen LogP contribution in [0.4, 0.5) is 25.8 Å². The Balaban J connectivity index is 2.40. The van der Waals surface area contributed by atoms with Crippen molar-refractivity contribution in [1.29, 1.82) is 0 Å². The summed E-state index contributed by atoms with van der Waals surface area (Å²) in [5.74, 6) is -1.29. The summed E-state index contributed by atoms with van der Waals surface area (Å²) >= 11 is 3.02. The first-order valence-corrected chi connectivity index (χ1v) is 6.05. The first-order valence-electron chi connectivity index (χ1n) is 5.25. The van der Waals surface area contributed by atoms with Crippen molar-refractivity contribution in [2.24, 2.45) is 0 Å². The van der Waals surface area contributed by atoms with Crippen molar-refractivity contribution < 1.29 is 8.78 Å². The van der Waals surface area contributed by atoms with E-state index in [1.165, 1.54) is 6.07 Å². The van der Waals surface area contributed by atoms with E-state index in [0.29, 0.717) is 11.4 Å². The van der Waals surface area contributed by atoms with E-state index in [9.17, 15) is 8.78 Å². The highest BCUT2D eigenvalue weighted by Gasteiger charge is 2.09. The zero-order valence-electron chi connectivity index (χ0n) is 9.60. The molecule has 2 aromatic rings. The van der Waals surface area contributed by atoms with Crippen molar-refractivity contribution in [3.05, 3.63) is 52.0 Å². The maximum absolute atomic E-state index is 13.6. The Morgan fingerprint density at radius 2 is 1.83 bits per heavy atom. The van der Waals surface area contributed by atoms with Gasteiger partial charge in [0.25, 0.3) is 0 Å². The van der Waals surface area contributed by atoms with Crippen molar-refractivity contribution in [3.8, 4) is 0 Å². The maximum Gasteiger partial charge on any atom is 0.149 e. The zero-order valence-corrected chi connectivity index (χ0v) is 11.2. The molecule has 0 radical (unpaired) electrons. The number of rotatable bonds is 2. The molecule has 0 aromatic heterocycles. The Morgan fingerprint density at radius 3 is 2.56 bits per heavy atom. The van der Waals surface area contributed by atoms with E-state index >= 15 is 0 Å². The van der Waals surface area contributed by atoms with Crippen LogP contribution in [-0.2, 0) is 0 Å². The first-order chi connectivity index (χ1) is 8.49. The lowest BCUT2D eigenvalue weighted by atomic mass is 10.1. The fraction of sp³-hybridized carbons (Fsp3) is 0.0769. The van der Waals surface area contributed by atoms with Crippen molar-refractivity contribution >= 4 is 33.0 Å². The summed E-state index contributed by atoms with van der Waals surface area (Å²) in [4.78, 5) is 0. The highest BCUT2D eigenvalue weighted by Crippen LogP contribution is 2.29. The van der Waals surface area contributed by atoms with Gasteiger partial charge in [0, 0.05) is 17.4 Å². The highest BCUT2D eigenvalue weighted by atomic mass is 79.9. The van der Waals surface area contributed by atoms with Gasteiger partial charge in [-0.25, -0.2) is 8.78 Å². The van der Waals surface area contributed by atoms with Crippen LogP contribution in [0, 0.1) is 18.6 Å². The van der Waals surface area contributed by atoms with E-state index in [0.717, 1.165) is 11.6 Å². The smallest absolute Gasteiger partial charge is 0.149 e. The first kappa shape index (κ1) is 12.8. The van der Waals surface area contributed by atoms with Gasteiger partial charge in [0.05, 0.1) is 10.2 Å². The molecule has 94 valence electrons. The zero-order chi connectivity index (χ0) is 13.3. The fourth-order valence-corrected chi connectivity index (χ4v) is 1.90. The average Bonchev–Trinajstić information content (AvgIpc) is 2.32. The summed E-state index contributed by atoms with van der Waals surface area (Å²) in [5.41, 5.74) is 8.07. The standard InChI is InChI=1S/C13H11BrF2N2/c1-7-11(17)3-2-4-12(7)18-13-5-8(14)9(15)6-10(13)16/h2-6,18H,17H2,1H3. The van der Waals surface area contributed by atoms with Gasteiger partial charge in [0.1, 0.15) is 11.6 Å². The SMILES string of the molecule is Cc1c(N)cccc1Nc1cc(Br)c(F)cc1F. The highest BCUT2D eigenvalue weighted by molar-refractivity contribution is 9.10. The Labute approximate surface area is 112 Å². The summed E-state index contributed by atoms with van der Waals surface area (Å²) in [6.07, 6.45) is 0. The van der Waals surface area contributed by atoms with Crippen LogP contribution in [0.1, 0.15) is 5.56 Å². The van der Waals surface area contributed by atoms with Crippen molar-refractivity contribution in [2.75, 3.05) is 11.1 Å². The van der Waals surface area contributed by atoms with E-state index in [-0.39, 0.29) is 10.2 Å². The van der Waals surface area contributed by atoms with Crippen LogP contribution >= 0.6 is 15.9 Å². The van der Waals surface area contributed by atoms with Crippen LogP contribution in [0.2, 0.25) is 0 Å². The van der Waals surface area contributed by atoms with Gasteiger partial charge >= 0.3 is 0 Å².